The zero-order chi connectivity index (χ0) is 13.0. The van der Waals surface area contributed by atoms with Crippen LogP contribution >= 0.6 is 11.6 Å². The van der Waals surface area contributed by atoms with E-state index in [0.29, 0.717) is 10.9 Å². The molecule has 1 saturated heterocycles. The minimum absolute atomic E-state index is 0.108. The summed E-state index contributed by atoms with van der Waals surface area (Å²) in [6.07, 6.45) is 5.84. The Morgan fingerprint density at radius 3 is 2.78 bits per heavy atom. The lowest BCUT2D eigenvalue weighted by Crippen LogP contribution is -2.38. The highest BCUT2D eigenvalue weighted by atomic mass is 35.5. The van der Waals surface area contributed by atoms with Crippen molar-refractivity contribution >= 4 is 23.6 Å². The summed E-state index contributed by atoms with van der Waals surface area (Å²) in [4.78, 5) is 13.9. The van der Waals surface area contributed by atoms with E-state index in [1.54, 1.807) is 6.08 Å². The molecule has 1 aromatic rings. The molecule has 1 amide bonds. The van der Waals surface area contributed by atoms with Crippen LogP contribution in [0.15, 0.2) is 30.3 Å². The average Bonchev–Trinajstić information content (AvgIpc) is 2.38. The van der Waals surface area contributed by atoms with E-state index in [1.165, 1.54) is 6.42 Å². The molecule has 2 nitrogen and oxygen atoms in total. The lowest BCUT2D eigenvalue weighted by molar-refractivity contribution is -0.127. The van der Waals surface area contributed by atoms with E-state index in [4.69, 9.17) is 11.6 Å². The monoisotopic (exact) mass is 263 g/mol. The standard InChI is InChI=1S/C15H18ClNO/c1-12-3-2-10-17(11-12)15(18)9-6-13-4-7-14(16)8-5-13/h4-9,12H,2-3,10-11H2,1H3/b9-6+/t12-/m1/s1. The third-order valence-electron chi connectivity index (χ3n) is 3.26. The molecule has 1 aliphatic rings. The summed E-state index contributed by atoms with van der Waals surface area (Å²) in [5.74, 6) is 0.725. The molecule has 0 aliphatic carbocycles. The summed E-state index contributed by atoms with van der Waals surface area (Å²) >= 11 is 5.81. The number of rotatable bonds is 2. The Balaban J connectivity index is 1.96. The Hall–Kier alpha value is -1.28. The van der Waals surface area contributed by atoms with Gasteiger partial charge in [-0.1, -0.05) is 30.7 Å². The third kappa shape index (κ3) is 3.61. The van der Waals surface area contributed by atoms with Gasteiger partial charge in [-0.15, -0.1) is 0 Å². The van der Waals surface area contributed by atoms with Crippen LogP contribution < -0.4 is 0 Å². The highest BCUT2D eigenvalue weighted by Gasteiger charge is 2.18. The molecule has 1 aromatic carbocycles. The minimum Gasteiger partial charge on any atom is -0.339 e. The molecule has 1 aliphatic heterocycles. The van der Waals surface area contributed by atoms with Crippen LogP contribution in [0.25, 0.3) is 6.08 Å². The first-order valence-electron chi connectivity index (χ1n) is 6.38. The number of carbonyl (C=O) groups excluding carboxylic acids is 1. The molecule has 1 heterocycles. The SMILES string of the molecule is C[C@@H]1CCCN(C(=O)/C=C/c2ccc(Cl)cc2)C1. The van der Waals surface area contributed by atoms with Gasteiger partial charge in [-0.3, -0.25) is 4.79 Å². The first-order valence-corrected chi connectivity index (χ1v) is 6.75. The van der Waals surface area contributed by atoms with Gasteiger partial charge in [0.05, 0.1) is 0 Å². The van der Waals surface area contributed by atoms with Crippen molar-refractivity contribution < 1.29 is 4.79 Å². The molecule has 1 fully saturated rings. The second kappa shape index (κ2) is 6.05. The van der Waals surface area contributed by atoms with Crippen LogP contribution in [0.2, 0.25) is 5.02 Å². The zero-order valence-corrected chi connectivity index (χ0v) is 11.4. The molecule has 96 valence electrons. The number of hydrogen-bond donors (Lipinski definition) is 0. The highest BCUT2D eigenvalue weighted by Crippen LogP contribution is 2.16. The molecule has 0 spiro atoms. The van der Waals surface area contributed by atoms with Crippen molar-refractivity contribution in [3.8, 4) is 0 Å². The summed E-state index contributed by atoms with van der Waals surface area (Å²) in [5.41, 5.74) is 0.998. The summed E-state index contributed by atoms with van der Waals surface area (Å²) in [5, 5.41) is 0.711. The van der Waals surface area contributed by atoms with E-state index < -0.39 is 0 Å². The van der Waals surface area contributed by atoms with Crippen LogP contribution in [0.4, 0.5) is 0 Å². The normalized spacial score (nSPS) is 20.3. The number of hydrogen-bond acceptors (Lipinski definition) is 1. The van der Waals surface area contributed by atoms with Crippen molar-refractivity contribution in [1.29, 1.82) is 0 Å². The maximum atomic E-state index is 12.0. The Morgan fingerprint density at radius 2 is 2.11 bits per heavy atom. The Labute approximate surface area is 113 Å². The van der Waals surface area contributed by atoms with Crippen LogP contribution in [0.5, 0.6) is 0 Å². The first-order chi connectivity index (χ1) is 8.65. The number of likely N-dealkylation sites (tertiary alicyclic amines) is 1. The van der Waals surface area contributed by atoms with Crippen molar-refractivity contribution in [2.75, 3.05) is 13.1 Å². The molecule has 0 radical (unpaired) electrons. The van der Waals surface area contributed by atoms with Crippen molar-refractivity contribution in [2.45, 2.75) is 19.8 Å². The van der Waals surface area contributed by atoms with Crippen molar-refractivity contribution in [2.24, 2.45) is 5.92 Å². The predicted molar refractivity (Wildman–Crippen MR) is 75.5 cm³/mol. The summed E-state index contributed by atoms with van der Waals surface area (Å²) in [6.45, 7) is 3.96. The maximum Gasteiger partial charge on any atom is 0.246 e. The smallest absolute Gasteiger partial charge is 0.246 e. The lowest BCUT2D eigenvalue weighted by atomic mass is 10.0. The van der Waals surface area contributed by atoms with Crippen LogP contribution in [0.1, 0.15) is 25.3 Å². The van der Waals surface area contributed by atoms with E-state index in [2.05, 4.69) is 6.92 Å². The van der Waals surface area contributed by atoms with Gasteiger partial charge in [-0.2, -0.15) is 0 Å². The van der Waals surface area contributed by atoms with Crippen LogP contribution in [0.3, 0.4) is 0 Å². The summed E-state index contributed by atoms with van der Waals surface area (Å²) in [7, 11) is 0. The molecule has 0 saturated carbocycles. The van der Waals surface area contributed by atoms with Gasteiger partial charge in [0, 0.05) is 24.2 Å². The van der Waals surface area contributed by atoms with Crippen LogP contribution in [-0.4, -0.2) is 23.9 Å². The number of halogens is 1. The Kier molecular flexibility index (Phi) is 4.43. The van der Waals surface area contributed by atoms with E-state index in [1.807, 2.05) is 35.2 Å². The molecule has 0 unspecified atom stereocenters. The van der Waals surface area contributed by atoms with E-state index in [9.17, 15) is 4.79 Å². The highest BCUT2D eigenvalue weighted by molar-refractivity contribution is 6.30. The van der Waals surface area contributed by atoms with Crippen molar-refractivity contribution in [3.63, 3.8) is 0 Å². The number of piperidine rings is 1. The molecule has 2 rings (SSSR count). The van der Waals surface area contributed by atoms with Gasteiger partial charge in [0.15, 0.2) is 0 Å². The molecular weight excluding hydrogens is 246 g/mol. The van der Waals surface area contributed by atoms with Gasteiger partial charge in [0.25, 0.3) is 0 Å². The molecule has 18 heavy (non-hydrogen) atoms. The maximum absolute atomic E-state index is 12.0. The van der Waals surface area contributed by atoms with Crippen molar-refractivity contribution in [1.82, 2.24) is 4.90 Å². The molecular formula is C15H18ClNO. The number of carbonyl (C=O) groups is 1. The fourth-order valence-electron chi connectivity index (χ4n) is 2.24. The lowest BCUT2D eigenvalue weighted by Gasteiger charge is -2.30. The largest absolute Gasteiger partial charge is 0.339 e. The van der Waals surface area contributed by atoms with Gasteiger partial charge < -0.3 is 4.90 Å². The van der Waals surface area contributed by atoms with Crippen LogP contribution in [0, 0.1) is 5.92 Å². The minimum atomic E-state index is 0.108. The zero-order valence-electron chi connectivity index (χ0n) is 10.6. The number of amides is 1. The predicted octanol–water partition coefficient (Wildman–Crippen LogP) is 3.61. The van der Waals surface area contributed by atoms with Gasteiger partial charge in [0.1, 0.15) is 0 Å². The van der Waals surface area contributed by atoms with Crippen LogP contribution in [-0.2, 0) is 4.79 Å². The van der Waals surface area contributed by atoms with E-state index >= 15 is 0 Å². The van der Waals surface area contributed by atoms with Gasteiger partial charge in [-0.05, 0) is 42.5 Å². The molecule has 0 N–H and O–H groups in total. The van der Waals surface area contributed by atoms with Gasteiger partial charge >= 0.3 is 0 Å². The Morgan fingerprint density at radius 1 is 1.39 bits per heavy atom. The summed E-state index contributed by atoms with van der Waals surface area (Å²) < 4.78 is 0. The number of benzene rings is 1. The first kappa shape index (κ1) is 13.2. The number of nitrogens with zero attached hydrogens (tertiary/aromatic N) is 1. The second-order valence-corrected chi connectivity index (χ2v) is 5.35. The topological polar surface area (TPSA) is 20.3 Å². The van der Waals surface area contributed by atoms with E-state index in [0.717, 1.165) is 25.1 Å². The fourth-order valence-corrected chi connectivity index (χ4v) is 2.36. The molecule has 0 bridgehead atoms. The third-order valence-corrected chi connectivity index (χ3v) is 3.51. The van der Waals surface area contributed by atoms with Crippen molar-refractivity contribution in [3.05, 3.63) is 40.9 Å². The molecule has 1 atom stereocenters. The second-order valence-electron chi connectivity index (χ2n) is 4.92. The van der Waals surface area contributed by atoms with E-state index in [-0.39, 0.29) is 5.91 Å². The average molecular weight is 264 g/mol. The van der Waals surface area contributed by atoms with Gasteiger partial charge in [-0.25, -0.2) is 0 Å². The Bertz CT molecular complexity index is 438. The summed E-state index contributed by atoms with van der Waals surface area (Å²) in [6, 6.07) is 7.47. The van der Waals surface area contributed by atoms with Gasteiger partial charge in [0.2, 0.25) is 5.91 Å². The molecule has 3 heteroatoms. The quantitative estimate of drug-likeness (QED) is 0.747. The fraction of sp³-hybridized carbons (Fsp3) is 0.400. The molecule has 0 aromatic heterocycles.